The summed E-state index contributed by atoms with van der Waals surface area (Å²) in [5, 5.41) is 8.85. The standard InChI is InChI=1S/C12H13BrN2O3S2/c1-8-6-11(14-7-10(8)13)15-20(17,18)12-3-2-9(19-12)4-5-16/h2-3,6-7,16H,4-5H2,1H3,(H,14,15). The Morgan fingerprint density at radius 2 is 2.20 bits per heavy atom. The van der Waals surface area contributed by atoms with Crippen LogP contribution in [-0.4, -0.2) is 25.1 Å². The van der Waals surface area contributed by atoms with Gasteiger partial charge in [0.1, 0.15) is 10.0 Å². The largest absolute Gasteiger partial charge is 0.396 e. The maximum Gasteiger partial charge on any atom is 0.272 e. The van der Waals surface area contributed by atoms with Crippen molar-refractivity contribution < 1.29 is 13.5 Å². The van der Waals surface area contributed by atoms with Crippen molar-refractivity contribution in [3.8, 4) is 0 Å². The fourth-order valence-electron chi connectivity index (χ4n) is 1.53. The molecule has 0 aliphatic rings. The molecule has 0 aromatic carbocycles. The second-order valence-electron chi connectivity index (χ2n) is 4.12. The fraction of sp³-hybridized carbons (Fsp3) is 0.250. The molecule has 8 heteroatoms. The summed E-state index contributed by atoms with van der Waals surface area (Å²) in [5.41, 5.74) is 0.893. The molecule has 0 saturated carbocycles. The number of hydrogen-bond donors (Lipinski definition) is 2. The summed E-state index contributed by atoms with van der Waals surface area (Å²) < 4.78 is 27.9. The van der Waals surface area contributed by atoms with Crippen molar-refractivity contribution in [2.75, 3.05) is 11.3 Å². The molecule has 2 aromatic heterocycles. The highest BCUT2D eigenvalue weighted by Gasteiger charge is 2.17. The zero-order valence-electron chi connectivity index (χ0n) is 10.6. The van der Waals surface area contributed by atoms with Crippen molar-refractivity contribution in [1.29, 1.82) is 0 Å². The number of halogens is 1. The van der Waals surface area contributed by atoms with E-state index in [1.54, 1.807) is 18.3 Å². The van der Waals surface area contributed by atoms with E-state index in [9.17, 15) is 8.42 Å². The Kier molecular flexibility index (Phi) is 4.79. The third kappa shape index (κ3) is 3.57. The minimum absolute atomic E-state index is 0.000885. The first-order valence-electron chi connectivity index (χ1n) is 5.77. The maximum absolute atomic E-state index is 12.2. The van der Waals surface area contributed by atoms with Crippen LogP contribution in [0.1, 0.15) is 10.4 Å². The van der Waals surface area contributed by atoms with E-state index in [-0.39, 0.29) is 16.6 Å². The van der Waals surface area contributed by atoms with Crippen LogP contribution in [0.3, 0.4) is 0 Å². The Morgan fingerprint density at radius 1 is 1.45 bits per heavy atom. The number of aliphatic hydroxyl groups is 1. The number of aryl methyl sites for hydroxylation is 1. The first kappa shape index (κ1) is 15.4. The number of nitrogens with zero attached hydrogens (tertiary/aromatic N) is 1. The number of aromatic nitrogens is 1. The van der Waals surface area contributed by atoms with E-state index in [2.05, 4.69) is 25.6 Å². The van der Waals surface area contributed by atoms with Crippen LogP contribution in [0.2, 0.25) is 0 Å². The lowest BCUT2D eigenvalue weighted by molar-refractivity contribution is 0.300. The van der Waals surface area contributed by atoms with Crippen LogP contribution in [0.4, 0.5) is 5.82 Å². The molecule has 0 aliphatic carbocycles. The van der Waals surface area contributed by atoms with Gasteiger partial charge in [-0.2, -0.15) is 0 Å². The van der Waals surface area contributed by atoms with Gasteiger partial charge in [-0.05, 0) is 46.6 Å². The minimum Gasteiger partial charge on any atom is -0.396 e. The highest BCUT2D eigenvalue weighted by atomic mass is 79.9. The molecule has 5 nitrogen and oxygen atoms in total. The van der Waals surface area contributed by atoms with E-state index in [1.807, 2.05) is 6.92 Å². The maximum atomic E-state index is 12.2. The molecule has 0 fully saturated rings. The van der Waals surface area contributed by atoms with Crippen molar-refractivity contribution >= 4 is 43.1 Å². The van der Waals surface area contributed by atoms with Crippen molar-refractivity contribution in [3.05, 3.63) is 39.3 Å². The third-order valence-electron chi connectivity index (χ3n) is 2.55. The van der Waals surface area contributed by atoms with Crippen LogP contribution >= 0.6 is 27.3 Å². The predicted molar refractivity (Wildman–Crippen MR) is 82.6 cm³/mol. The van der Waals surface area contributed by atoms with Crippen molar-refractivity contribution in [1.82, 2.24) is 4.98 Å². The molecule has 0 radical (unpaired) electrons. The van der Waals surface area contributed by atoms with Crippen LogP contribution in [0.5, 0.6) is 0 Å². The number of thiophene rings is 1. The molecular formula is C12H13BrN2O3S2. The number of sulfonamides is 1. The van der Waals surface area contributed by atoms with Crippen LogP contribution in [0.25, 0.3) is 0 Å². The summed E-state index contributed by atoms with van der Waals surface area (Å²) in [6.45, 7) is 1.86. The van der Waals surface area contributed by atoms with Crippen LogP contribution in [0.15, 0.2) is 33.1 Å². The quantitative estimate of drug-likeness (QED) is 0.840. The van der Waals surface area contributed by atoms with Gasteiger partial charge in [0.15, 0.2) is 0 Å². The number of aliphatic hydroxyl groups excluding tert-OH is 1. The molecule has 2 rings (SSSR count). The number of hydrogen-bond acceptors (Lipinski definition) is 5. The predicted octanol–water partition coefficient (Wildman–Crippen LogP) is 2.55. The fourth-order valence-corrected chi connectivity index (χ4v) is 4.09. The van der Waals surface area contributed by atoms with Gasteiger partial charge in [-0.25, -0.2) is 13.4 Å². The average molecular weight is 377 g/mol. The van der Waals surface area contributed by atoms with E-state index in [0.29, 0.717) is 6.42 Å². The van der Waals surface area contributed by atoms with Crippen LogP contribution in [0, 0.1) is 6.92 Å². The molecule has 108 valence electrons. The van der Waals surface area contributed by atoms with Crippen molar-refractivity contribution in [2.24, 2.45) is 0 Å². The molecule has 0 aliphatic heterocycles. The molecule has 0 atom stereocenters. The Hall–Kier alpha value is -0.960. The topological polar surface area (TPSA) is 79.3 Å². The second kappa shape index (κ2) is 6.21. The zero-order valence-corrected chi connectivity index (χ0v) is 13.8. The van der Waals surface area contributed by atoms with Gasteiger partial charge in [0.2, 0.25) is 0 Å². The summed E-state index contributed by atoms with van der Waals surface area (Å²) in [6, 6.07) is 4.89. The van der Waals surface area contributed by atoms with Gasteiger partial charge in [0.05, 0.1) is 0 Å². The van der Waals surface area contributed by atoms with Gasteiger partial charge in [-0.15, -0.1) is 11.3 Å². The highest BCUT2D eigenvalue weighted by molar-refractivity contribution is 9.10. The molecule has 2 heterocycles. The Balaban J connectivity index is 2.23. The van der Waals surface area contributed by atoms with Gasteiger partial charge in [0.25, 0.3) is 10.0 Å². The van der Waals surface area contributed by atoms with Gasteiger partial charge in [0, 0.05) is 28.6 Å². The Morgan fingerprint density at radius 3 is 2.85 bits per heavy atom. The summed E-state index contributed by atoms with van der Waals surface area (Å²) in [5.74, 6) is 0.280. The van der Waals surface area contributed by atoms with Crippen LogP contribution < -0.4 is 4.72 Å². The lowest BCUT2D eigenvalue weighted by atomic mass is 10.3. The van der Waals surface area contributed by atoms with E-state index < -0.39 is 10.0 Å². The molecule has 2 aromatic rings. The Labute approximate surface area is 129 Å². The van der Waals surface area contributed by atoms with Crippen molar-refractivity contribution in [3.63, 3.8) is 0 Å². The molecule has 0 saturated heterocycles. The molecule has 0 bridgehead atoms. The van der Waals surface area contributed by atoms with E-state index in [4.69, 9.17) is 5.11 Å². The molecular weight excluding hydrogens is 364 g/mol. The lowest BCUT2D eigenvalue weighted by Crippen LogP contribution is -2.12. The monoisotopic (exact) mass is 376 g/mol. The van der Waals surface area contributed by atoms with Crippen LogP contribution in [-0.2, 0) is 16.4 Å². The molecule has 0 spiro atoms. The molecule has 0 amide bonds. The van der Waals surface area contributed by atoms with E-state index in [0.717, 1.165) is 26.3 Å². The summed E-state index contributed by atoms with van der Waals surface area (Å²) in [4.78, 5) is 4.85. The summed E-state index contributed by atoms with van der Waals surface area (Å²) >= 11 is 4.46. The van der Waals surface area contributed by atoms with Crippen molar-refractivity contribution in [2.45, 2.75) is 17.6 Å². The van der Waals surface area contributed by atoms with Gasteiger partial charge in [-0.3, -0.25) is 4.72 Å². The smallest absolute Gasteiger partial charge is 0.272 e. The minimum atomic E-state index is -3.63. The van der Waals surface area contributed by atoms with E-state index >= 15 is 0 Å². The highest BCUT2D eigenvalue weighted by Crippen LogP contribution is 2.25. The number of pyridine rings is 1. The normalized spacial score (nSPS) is 11.6. The second-order valence-corrected chi connectivity index (χ2v) is 8.05. The van der Waals surface area contributed by atoms with Gasteiger partial charge < -0.3 is 5.11 Å². The SMILES string of the molecule is Cc1cc(NS(=O)(=O)c2ccc(CCO)s2)ncc1Br. The molecule has 0 unspecified atom stereocenters. The summed E-state index contributed by atoms with van der Waals surface area (Å²) in [7, 11) is -3.63. The first-order chi connectivity index (χ1) is 9.42. The number of rotatable bonds is 5. The zero-order chi connectivity index (χ0) is 14.8. The molecule has 2 N–H and O–H groups in total. The average Bonchev–Trinajstić information content (AvgIpc) is 2.83. The Bertz CT molecular complexity index is 713. The van der Waals surface area contributed by atoms with Gasteiger partial charge in [-0.1, -0.05) is 0 Å². The molecule has 20 heavy (non-hydrogen) atoms. The summed E-state index contributed by atoms with van der Waals surface area (Å²) in [6.07, 6.45) is 2.01. The number of anilines is 1. The van der Waals surface area contributed by atoms with Gasteiger partial charge >= 0.3 is 0 Å². The van der Waals surface area contributed by atoms with E-state index in [1.165, 1.54) is 6.07 Å². The number of nitrogens with one attached hydrogen (secondary N) is 1. The lowest BCUT2D eigenvalue weighted by Gasteiger charge is -2.06. The third-order valence-corrected chi connectivity index (χ3v) is 6.37. The first-order valence-corrected chi connectivity index (χ1v) is 8.86.